The molecule has 4 rings (SSSR count). The Bertz CT molecular complexity index is 893. The maximum Gasteiger partial charge on any atom is 0.232 e. The highest BCUT2D eigenvalue weighted by atomic mass is 35.5. The van der Waals surface area contributed by atoms with Crippen LogP contribution in [-0.4, -0.2) is 34.7 Å². The van der Waals surface area contributed by atoms with Crippen molar-refractivity contribution < 1.29 is 0 Å². The second-order valence-electron chi connectivity index (χ2n) is 8.58. The lowest BCUT2D eigenvalue weighted by atomic mass is 9.69. The van der Waals surface area contributed by atoms with Gasteiger partial charge >= 0.3 is 0 Å². The van der Waals surface area contributed by atoms with Crippen LogP contribution in [0, 0.1) is 0 Å². The van der Waals surface area contributed by atoms with Crippen LogP contribution in [0.2, 0.25) is 10.2 Å². The van der Waals surface area contributed by atoms with Crippen LogP contribution in [0.4, 0.5) is 11.8 Å². The van der Waals surface area contributed by atoms with Gasteiger partial charge in [0.2, 0.25) is 5.95 Å². The van der Waals surface area contributed by atoms with Crippen LogP contribution < -0.4 is 15.5 Å². The van der Waals surface area contributed by atoms with Crippen LogP contribution >= 0.6 is 35.4 Å². The van der Waals surface area contributed by atoms with E-state index < -0.39 is 0 Å². The molecule has 0 bridgehead atoms. The van der Waals surface area contributed by atoms with Crippen LogP contribution in [0.1, 0.15) is 56.9 Å². The molecule has 1 saturated carbocycles. The molecule has 2 aromatic rings. The van der Waals surface area contributed by atoms with E-state index in [1.807, 2.05) is 18.2 Å². The Labute approximate surface area is 199 Å². The quantitative estimate of drug-likeness (QED) is 0.409. The number of aromatic nitrogens is 2. The minimum absolute atomic E-state index is 0.0583. The summed E-state index contributed by atoms with van der Waals surface area (Å²) in [5.41, 5.74) is 1.38. The number of hydrogen-bond acceptors (Lipinski definition) is 4. The SMILES string of the molecule is S=C(NCC1(c2ccc(Cl)cc2)CCCCC1)Nc1nc(Cl)cc(N2CCCCC2)n1. The molecule has 0 spiro atoms. The number of nitrogens with one attached hydrogen (secondary N) is 2. The molecule has 2 aliphatic rings. The Morgan fingerprint density at radius 1 is 0.968 bits per heavy atom. The van der Waals surface area contributed by atoms with E-state index in [1.165, 1.54) is 44.1 Å². The van der Waals surface area contributed by atoms with Gasteiger partial charge in [-0.1, -0.05) is 54.6 Å². The Morgan fingerprint density at radius 3 is 2.35 bits per heavy atom. The van der Waals surface area contributed by atoms with Gasteiger partial charge in [-0.15, -0.1) is 0 Å². The monoisotopic (exact) mass is 477 g/mol. The van der Waals surface area contributed by atoms with Crippen molar-refractivity contribution in [2.45, 2.75) is 56.8 Å². The van der Waals surface area contributed by atoms with E-state index in [1.54, 1.807) is 0 Å². The molecule has 5 nitrogen and oxygen atoms in total. The number of thiocarbonyl (C=S) groups is 1. The second-order valence-corrected chi connectivity index (χ2v) is 9.81. The molecule has 8 heteroatoms. The van der Waals surface area contributed by atoms with Crippen molar-refractivity contribution in [2.24, 2.45) is 0 Å². The van der Waals surface area contributed by atoms with E-state index in [0.29, 0.717) is 16.2 Å². The van der Waals surface area contributed by atoms with Crippen molar-refractivity contribution in [3.63, 3.8) is 0 Å². The zero-order valence-corrected chi connectivity index (χ0v) is 20.0. The molecule has 1 aliphatic heterocycles. The van der Waals surface area contributed by atoms with Crippen molar-refractivity contribution >= 4 is 52.3 Å². The lowest BCUT2D eigenvalue weighted by molar-refractivity contribution is 0.292. The van der Waals surface area contributed by atoms with Gasteiger partial charge in [0.05, 0.1) is 0 Å². The molecule has 0 atom stereocenters. The standard InChI is InChI=1S/C23H29Cl2N5S/c24-18-9-7-17(8-10-18)23(11-3-1-4-12-23)16-26-22(31)29-21-27-19(25)15-20(28-21)30-13-5-2-6-14-30/h7-10,15H,1-6,11-14,16H2,(H2,26,27,28,29,31). The lowest BCUT2D eigenvalue weighted by Gasteiger charge is -2.38. The summed E-state index contributed by atoms with van der Waals surface area (Å²) < 4.78 is 0. The number of anilines is 2. The lowest BCUT2D eigenvalue weighted by Crippen LogP contribution is -2.43. The summed E-state index contributed by atoms with van der Waals surface area (Å²) >= 11 is 18.0. The van der Waals surface area contributed by atoms with Crippen LogP contribution in [0.25, 0.3) is 0 Å². The van der Waals surface area contributed by atoms with Crippen LogP contribution in [0.15, 0.2) is 30.3 Å². The largest absolute Gasteiger partial charge is 0.361 e. The first-order chi connectivity index (χ1) is 15.0. The predicted octanol–water partition coefficient (Wildman–Crippen LogP) is 5.96. The van der Waals surface area contributed by atoms with E-state index in [9.17, 15) is 0 Å². The van der Waals surface area contributed by atoms with Gasteiger partial charge in [-0.05, 0) is 62.0 Å². The van der Waals surface area contributed by atoms with Gasteiger partial charge in [-0.2, -0.15) is 4.98 Å². The van der Waals surface area contributed by atoms with E-state index in [2.05, 4.69) is 37.6 Å². The van der Waals surface area contributed by atoms with Crippen molar-refractivity contribution in [3.8, 4) is 0 Å². The van der Waals surface area contributed by atoms with Crippen LogP contribution in [0.5, 0.6) is 0 Å². The fourth-order valence-corrected chi connectivity index (χ4v) is 5.21. The summed E-state index contributed by atoms with van der Waals surface area (Å²) in [7, 11) is 0. The summed E-state index contributed by atoms with van der Waals surface area (Å²) in [6.45, 7) is 2.76. The summed E-state index contributed by atoms with van der Waals surface area (Å²) in [6.07, 6.45) is 9.63. The summed E-state index contributed by atoms with van der Waals surface area (Å²) in [6, 6.07) is 10.1. The van der Waals surface area contributed by atoms with E-state index in [4.69, 9.17) is 35.4 Å². The number of piperidine rings is 1. The number of nitrogens with zero attached hydrogens (tertiary/aromatic N) is 3. The molecular weight excluding hydrogens is 449 g/mol. The molecule has 1 saturated heterocycles. The van der Waals surface area contributed by atoms with Gasteiger partial charge in [-0.25, -0.2) is 4.98 Å². The maximum absolute atomic E-state index is 6.27. The Morgan fingerprint density at radius 2 is 1.65 bits per heavy atom. The predicted molar refractivity (Wildman–Crippen MR) is 134 cm³/mol. The third-order valence-electron chi connectivity index (χ3n) is 6.44. The number of hydrogen-bond donors (Lipinski definition) is 2. The normalized spacial score (nSPS) is 18.5. The molecule has 166 valence electrons. The molecular formula is C23H29Cl2N5S. The zero-order valence-electron chi connectivity index (χ0n) is 17.7. The minimum atomic E-state index is 0.0583. The summed E-state index contributed by atoms with van der Waals surface area (Å²) in [4.78, 5) is 11.2. The summed E-state index contributed by atoms with van der Waals surface area (Å²) in [5, 5.41) is 8.28. The van der Waals surface area contributed by atoms with Crippen molar-refractivity contribution in [1.29, 1.82) is 0 Å². The Balaban J connectivity index is 1.43. The highest BCUT2D eigenvalue weighted by molar-refractivity contribution is 7.80. The molecule has 0 radical (unpaired) electrons. The molecule has 0 amide bonds. The molecule has 1 aromatic carbocycles. The van der Waals surface area contributed by atoms with E-state index in [-0.39, 0.29) is 5.41 Å². The molecule has 2 N–H and O–H groups in total. The van der Waals surface area contributed by atoms with Gasteiger partial charge in [0.25, 0.3) is 0 Å². The average Bonchev–Trinajstić information content (AvgIpc) is 2.79. The maximum atomic E-state index is 6.27. The molecule has 1 aliphatic carbocycles. The second kappa shape index (κ2) is 10.3. The van der Waals surface area contributed by atoms with Gasteiger partial charge in [0, 0.05) is 36.1 Å². The highest BCUT2D eigenvalue weighted by Crippen LogP contribution is 2.39. The molecule has 2 fully saturated rings. The van der Waals surface area contributed by atoms with Crippen LogP contribution in [-0.2, 0) is 5.41 Å². The topological polar surface area (TPSA) is 53.1 Å². The first-order valence-corrected chi connectivity index (χ1v) is 12.3. The van der Waals surface area contributed by atoms with Gasteiger partial charge < -0.3 is 15.5 Å². The van der Waals surface area contributed by atoms with Gasteiger partial charge in [0.1, 0.15) is 11.0 Å². The average molecular weight is 478 g/mol. The smallest absolute Gasteiger partial charge is 0.232 e. The van der Waals surface area contributed by atoms with E-state index >= 15 is 0 Å². The van der Waals surface area contributed by atoms with Gasteiger partial charge in [0.15, 0.2) is 5.11 Å². The third-order valence-corrected chi connectivity index (χ3v) is 7.13. The highest BCUT2D eigenvalue weighted by Gasteiger charge is 2.34. The third kappa shape index (κ3) is 5.79. The van der Waals surface area contributed by atoms with Crippen molar-refractivity contribution in [2.75, 3.05) is 29.9 Å². The molecule has 0 unspecified atom stereocenters. The van der Waals surface area contributed by atoms with Crippen molar-refractivity contribution in [1.82, 2.24) is 15.3 Å². The first kappa shape index (κ1) is 22.6. The first-order valence-electron chi connectivity index (χ1n) is 11.1. The van der Waals surface area contributed by atoms with Crippen LogP contribution in [0.3, 0.4) is 0 Å². The zero-order chi connectivity index (χ0) is 21.7. The number of benzene rings is 1. The summed E-state index contributed by atoms with van der Waals surface area (Å²) in [5.74, 6) is 1.30. The molecule has 2 heterocycles. The van der Waals surface area contributed by atoms with E-state index in [0.717, 1.165) is 43.3 Å². The fourth-order valence-electron chi connectivity index (χ4n) is 4.74. The van der Waals surface area contributed by atoms with Crippen molar-refractivity contribution in [3.05, 3.63) is 46.1 Å². The minimum Gasteiger partial charge on any atom is -0.361 e. The number of halogens is 2. The Hall–Kier alpha value is -1.63. The van der Waals surface area contributed by atoms with Gasteiger partial charge in [-0.3, -0.25) is 0 Å². The fraction of sp³-hybridized carbons (Fsp3) is 0.522. The Kier molecular flexibility index (Phi) is 7.51. The molecule has 31 heavy (non-hydrogen) atoms. The number of rotatable bonds is 5. The molecule has 1 aromatic heterocycles.